The van der Waals surface area contributed by atoms with Gasteiger partial charge >= 0.3 is 6.09 Å². The van der Waals surface area contributed by atoms with Crippen molar-refractivity contribution in [2.24, 2.45) is 5.92 Å². The molecule has 3 atom stereocenters. The summed E-state index contributed by atoms with van der Waals surface area (Å²) in [6.07, 6.45) is -1.31. The van der Waals surface area contributed by atoms with E-state index in [0.29, 0.717) is 11.1 Å². The van der Waals surface area contributed by atoms with E-state index in [9.17, 15) is 28.0 Å². The van der Waals surface area contributed by atoms with Crippen LogP contribution in [0.15, 0.2) is 42.5 Å². The van der Waals surface area contributed by atoms with Crippen molar-refractivity contribution >= 4 is 29.5 Å². The fraction of sp³-hybridized carbons (Fsp3) is 0.360. The van der Waals surface area contributed by atoms with Crippen LogP contribution in [0.1, 0.15) is 37.9 Å². The van der Waals surface area contributed by atoms with E-state index in [2.05, 4.69) is 10.6 Å². The number of amides is 4. The molecule has 1 aliphatic rings. The lowest BCUT2D eigenvalue weighted by molar-refractivity contribution is -0.143. The zero-order valence-corrected chi connectivity index (χ0v) is 20.3. The standard InChI is InChI=1S/C25H28F2N4O5/c1-13(2)19(28-22(32)14(3)30(4)25(35)36)24(34)31-12-15-8-5-6-9-16(15)21(31)23(33)29-20-17(26)10-7-11-18(20)27/h5-11,13-14,19,21H,12H2,1-4H3,(H,28,32)(H,29,33)(H,35,36)/t14-,19-,21-/m0/s1. The number of carbonyl (C=O) groups excluding carboxylic acids is 3. The first-order valence-electron chi connectivity index (χ1n) is 11.3. The summed E-state index contributed by atoms with van der Waals surface area (Å²) in [5.74, 6) is -4.43. The van der Waals surface area contributed by atoms with Gasteiger partial charge in [-0.15, -0.1) is 0 Å². The Balaban J connectivity index is 1.91. The smallest absolute Gasteiger partial charge is 0.407 e. The Bertz CT molecular complexity index is 1170. The van der Waals surface area contributed by atoms with Crippen LogP contribution in [0.4, 0.5) is 19.3 Å². The maximum atomic E-state index is 14.2. The average Bonchev–Trinajstić information content (AvgIpc) is 3.22. The molecule has 192 valence electrons. The van der Waals surface area contributed by atoms with E-state index >= 15 is 0 Å². The van der Waals surface area contributed by atoms with Crippen LogP contribution in [0.5, 0.6) is 0 Å². The van der Waals surface area contributed by atoms with Gasteiger partial charge in [-0.3, -0.25) is 19.3 Å². The van der Waals surface area contributed by atoms with Crippen molar-refractivity contribution in [2.45, 2.75) is 45.4 Å². The molecule has 11 heteroatoms. The van der Waals surface area contributed by atoms with Crippen molar-refractivity contribution in [3.05, 3.63) is 65.2 Å². The molecule has 0 aliphatic carbocycles. The fourth-order valence-corrected chi connectivity index (χ4v) is 3.99. The normalized spacial score (nSPS) is 16.2. The third-order valence-electron chi connectivity index (χ3n) is 6.24. The number of halogens is 2. The maximum Gasteiger partial charge on any atom is 0.407 e. The lowest BCUT2D eigenvalue weighted by Gasteiger charge is -2.32. The van der Waals surface area contributed by atoms with Crippen molar-refractivity contribution in [1.82, 2.24) is 15.1 Å². The number of rotatable bonds is 7. The molecule has 2 aromatic carbocycles. The molecule has 0 fully saturated rings. The number of anilines is 1. The number of likely N-dealkylation sites (N-methyl/N-ethyl adjacent to an activating group) is 1. The number of nitrogens with zero attached hydrogens (tertiary/aromatic N) is 2. The summed E-state index contributed by atoms with van der Waals surface area (Å²) < 4.78 is 28.4. The Morgan fingerprint density at radius 2 is 1.64 bits per heavy atom. The monoisotopic (exact) mass is 502 g/mol. The Kier molecular flexibility index (Phi) is 7.91. The van der Waals surface area contributed by atoms with Gasteiger partial charge in [0.15, 0.2) is 0 Å². The molecule has 0 spiro atoms. The number of carbonyl (C=O) groups is 4. The molecule has 9 nitrogen and oxygen atoms in total. The largest absolute Gasteiger partial charge is 0.465 e. The van der Waals surface area contributed by atoms with E-state index < -0.39 is 65.2 Å². The molecule has 0 bridgehead atoms. The highest BCUT2D eigenvalue weighted by molar-refractivity contribution is 6.00. The van der Waals surface area contributed by atoms with Crippen LogP contribution in [-0.4, -0.2) is 57.9 Å². The van der Waals surface area contributed by atoms with Crippen LogP contribution < -0.4 is 10.6 Å². The van der Waals surface area contributed by atoms with Gasteiger partial charge in [0, 0.05) is 13.6 Å². The number of hydrogen-bond acceptors (Lipinski definition) is 4. The zero-order chi connectivity index (χ0) is 26.7. The molecule has 0 aromatic heterocycles. The fourth-order valence-electron chi connectivity index (χ4n) is 3.99. The summed E-state index contributed by atoms with van der Waals surface area (Å²) in [7, 11) is 1.23. The summed E-state index contributed by atoms with van der Waals surface area (Å²) in [5.41, 5.74) is 0.541. The van der Waals surface area contributed by atoms with Crippen LogP contribution in [0.25, 0.3) is 0 Å². The second-order valence-electron chi connectivity index (χ2n) is 8.95. The third-order valence-corrected chi connectivity index (χ3v) is 6.24. The molecule has 36 heavy (non-hydrogen) atoms. The van der Waals surface area contributed by atoms with Gasteiger partial charge in [-0.05, 0) is 36.1 Å². The first-order valence-corrected chi connectivity index (χ1v) is 11.3. The molecule has 3 N–H and O–H groups in total. The number of benzene rings is 2. The first kappa shape index (κ1) is 26.6. The van der Waals surface area contributed by atoms with E-state index in [1.165, 1.54) is 24.9 Å². The number of fused-ring (bicyclic) bond motifs is 1. The molecule has 1 heterocycles. The Morgan fingerprint density at radius 3 is 2.22 bits per heavy atom. The van der Waals surface area contributed by atoms with Gasteiger partial charge < -0.3 is 20.6 Å². The summed E-state index contributed by atoms with van der Waals surface area (Å²) in [5, 5.41) is 14.0. The second kappa shape index (κ2) is 10.7. The molecule has 1 aliphatic heterocycles. The minimum absolute atomic E-state index is 0.0382. The summed E-state index contributed by atoms with van der Waals surface area (Å²) >= 11 is 0. The number of nitrogens with one attached hydrogen (secondary N) is 2. The average molecular weight is 503 g/mol. The highest BCUT2D eigenvalue weighted by Crippen LogP contribution is 2.36. The van der Waals surface area contributed by atoms with Gasteiger partial charge in [0.1, 0.15) is 35.4 Å². The molecule has 4 amide bonds. The molecule has 0 saturated carbocycles. The Labute approximate surface area is 207 Å². The molecule has 0 radical (unpaired) electrons. The minimum atomic E-state index is -1.31. The van der Waals surface area contributed by atoms with Crippen molar-refractivity contribution < 1.29 is 33.1 Å². The van der Waals surface area contributed by atoms with Crippen LogP contribution in [0, 0.1) is 17.6 Å². The van der Waals surface area contributed by atoms with Gasteiger partial charge in [0.2, 0.25) is 11.8 Å². The predicted octanol–water partition coefficient (Wildman–Crippen LogP) is 3.13. The SMILES string of the molecule is CC(C)[C@H](NC(=O)[C@H](C)N(C)C(=O)O)C(=O)N1Cc2ccccc2[C@H]1C(=O)Nc1c(F)cccc1F. The molecular formula is C25H28F2N4O5. The topological polar surface area (TPSA) is 119 Å². The lowest BCUT2D eigenvalue weighted by atomic mass is 10.0. The summed E-state index contributed by atoms with van der Waals surface area (Å²) in [6.45, 7) is 4.82. The van der Waals surface area contributed by atoms with Crippen LogP contribution in [0.2, 0.25) is 0 Å². The van der Waals surface area contributed by atoms with Gasteiger partial charge in [-0.2, -0.15) is 0 Å². The molecular weight excluding hydrogens is 474 g/mol. The quantitative estimate of drug-likeness (QED) is 0.538. The Morgan fingerprint density at radius 1 is 1.03 bits per heavy atom. The van der Waals surface area contributed by atoms with E-state index in [4.69, 9.17) is 5.11 Å². The minimum Gasteiger partial charge on any atom is -0.465 e. The van der Waals surface area contributed by atoms with Gasteiger partial charge in [0.25, 0.3) is 5.91 Å². The van der Waals surface area contributed by atoms with Gasteiger partial charge in [-0.1, -0.05) is 44.2 Å². The van der Waals surface area contributed by atoms with Crippen molar-refractivity contribution in [1.29, 1.82) is 0 Å². The summed E-state index contributed by atoms with van der Waals surface area (Å²) in [4.78, 5) is 53.0. The highest BCUT2D eigenvalue weighted by atomic mass is 19.1. The summed E-state index contributed by atoms with van der Waals surface area (Å²) in [6, 6.07) is 6.62. The number of carboxylic acid groups (broad SMARTS) is 1. The zero-order valence-electron chi connectivity index (χ0n) is 20.3. The Hall–Kier alpha value is -4.02. The van der Waals surface area contributed by atoms with Crippen molar-refractivity contribution in [2.75, 3.05) is 12.4 Å². The van der Waals surface area contributed by atoms with E-state index in [1.54, 1.807) is 38.1 Å². The van der Waals surface area contributed by atoms with E-state index in [0.717, 1.165) is 17.0 Å². The van der Waals surface area contributed by atoms with Gasteiger partial charge in [0.05, 0.1) is 0 Å². The number of para-hydroxylation sites is 1. The van der Waals surface area contributed by atoms with E-state index in [-0.39, 0.29) is 6.54 Å². The molecule has 3 rings (SSSR count). The predicted molar refractivity (Wildman–Crippen MR) is 127 cm³/mol. The van der Waals surface area contributed by atoms with Crippen LogP contribution >= 0.6 is 0 Å². The molecule has 0 unspecified atom stereocenters. The van der Waals surface area contributed by atoms with Crippen LogP contribution in [0.3, 0.4) is 0 Å². The van der Waals surface area contributed by atoms with E-state index in [1.807, 2.05) is 0 Å². The lowest BCUT2D eigenvalue weighted by Crippen LogP contribution is -2.55. The maximum absolute atomic E-state index is 14.2. The molecule has 0 saturated heterocycles. The van der Waals surface area contributed by atoms with Crippen molar-refractivity contribution in [3.8, 4) is 0 Å². The number of hydrogen-bond donors (Lipinski definition) is 3. The van der Waals surface area contributed by atoms with Crippen molar-refractivity contribution in [3.63, 3.8) is 0 Å². The highest BCUT2D eigenvalue weighted by Gasteiger charge is 2.42. The van der Waals surface area contributed by atoms with Crippen LogP contribution in [-0.2, 0) is 20.9 Å². The third kappa shape index (κ3) is 5.29. The van der Waals surface area contributed by atoms with Gasteiger partial charge in [-0.25, -0.2) is 13.6 Å². The molecule has 2 aromatic rings. The second-order valence-corrected chi connectivity index (χ2v) is 8.95. The first-order chi connectivity index (χ1) is 16.9.